The van der Waals surface area contributed by atoms with Crippen LogP contribution in [0.15, 0.2) is 41.9 Å². The standard InChI is InChI=1S/C23H27N5O2S/c1-16-5-7-17(8-6-16)19-13-20(26-21(25-19)18-14-24-31-15-18)27-9-11-28(12-10-27)22(29)30-23(2,3)4/h5-8,13-15H,9-12H2,1-4H3. The Labute approximate surface area is 186 Å². The molecule has 0 spiro atoms. The molecular weight excluding hydrogens is 410 g/mol. The number of aryl methyl sites for hydroxylation is 1. The summed E-state index contributed by atoms with van der Waals surface area (Å²) in [4.78, 5) is 26.0. The predicted molar refractivity (Wildman–Crippen MR) is 123 cm³/mol. The molecule has 1 aromatic carbocycles. The second-order valence-electron chi connectivity index (χ2n) is 8.67. The Bertz CT molecular complexity index is 1040. The van der Waals surface area contributed by atoms with E-state index in [0.29, 0.717) is 32.0 Å². The van der Waals surface area contributed by atoms with Crippen LogP contribution in [0.1, 0.15) is 26.3 Å². The summed E-state index contributed by atoms with van der Waals surface area (Å²) in [6.07, 6.45) is 1.53. The first-order valence-corrected chi connectivity index (χ1v) is 11.2. The van der Waals surface area contributed by atoms with Crippen LogP contribution in [0.5, 0.6) is 0 Å². The van der Waals surface area contributed by atoms with Gasteiger partial charge < -0.3 is 14.5 Å². The molecule has 3 heterocycles. The summed E-state index contributed by atoms with van der Waals surface area (Å²) in [6.45, 7) is 10.3. The highest BCUT2D eigenvalue weighted by atomic mass is 32.1. The first-order valence-electron chi connectivity index (χ1n) is 10.4. The van der Waals surface area contributed by atoms with Gasteiger partial charge in [0.25, 0.3) is 0 Å². The van der Waals surface area contributed by atoms with Crippen molar-refractivity contribution in [3.63, 3.8) is 0 Å². The minimum absolute atomic E-state index is 0.264. The van der Waals surface area contributed by atoms with E-state index in [2.05, 4.69) is 40.5 Å². The van der Waals surface area contributed by atoms with Gasteiger partial charge in [-0.15, -0.1) is 0 Å². The Hall–Kier alpha value is -3.00. The molecule has 1 aliphatic heterocycles. The highest BCUT2D eigenvalue weighted by molar-refractivity contribution is 7.03. The van der Waals surface area contributed by atoms with Crippen LogP contribution in [0.25, 0.3) is 22.6 Å². The van der Waals surface area contributed by atoms with Gasteiger partial charge in [0.1, 0.15) is 11.4 Å². The summed E-state index contributed by atoms with van der Waals surface area (Å²) < 4.78 is 9.71. The van der Waals surface area contributed by atoms with E-state index >= 15 is 0 Å². The smallest absolute Gasteiger partial charge is 0.410 e. The molecule has 0 atom stereocenters. The number of anilines is 1. The number of nitrogens with zero attached hydrogens (tertiary/aromatic N) is 5. The number of rotatable bonds is 3. The van der Waals surface area contributed by atoms with Gasteiger partial charge in [0.15, 0.2) is 5.82 Å². The van der Waals surface area contributed by atoms with Crippen LogP contribution in [-0.2, 0) is 4.74 Å². The molecular formula is C23H27N5O2S. The predicted octanol–water partition coefficient (Wildman–Crippen LogP) is 4.63. The summed E-state index contributed by atoms with van der Waals surface area (Å²) >= 11 is 1.39. The van der Waals surface area contributed by atoms with E-state index in [1.807, 2.05) is 32.2 Å². The third-order valence-electron chi connectivity index (χ3n) is 5.01. The number of hydrogen-bond acceptors (Lipinski definition) is 7. The normalized spacial score (nSPS) is 14.6. The molecule has 1 amide bonds. The Morgan fingerprint density at radius 3 is 2.35 bits per heavy atom. The van der Waals surface area contributed by atoms with Crippen LogP contribution >= 0.6 is 11.5 Å². The first-order chi connectivity index (χ1) is 14.8. The van der Waals surface area contributed by atoms with Gasteiger partial charge in [0.05, 0.1) is 17.5 Å². The molecule has 1 aliphatic rings. The van der Waals surface area contributed by atoms with Gasteiger partial charge in [-0.05, 0) is 39.2 Å². The number of benzene rings is 1. The summed E-state index contributed by atoms with van der Waals surface area (Å²) in [5, 5.41) is 1.96. The number of ether oxygens (including phenoxy) is 1. The summed E-state index contributed by atoms with van der Waals surface area (Å²) in [5.41, 5.74) is 3.55. The average Bonchev–Trinajstić information content (AvgIpc) is 3.28. The van der Waals surface area contributed by atoms with Gasteiger partial charge in [-0.3, -0.25) is 0 Å². The second-order valence-corrected chi connectivity index (χ2v) is 9.33. The van der Waals surface area contributed by atoms with Crippen molar-refractivity contribution < 1.29 is 9.53 Å². The molecule has 1 fully saturated rings. The maximum absolute atomic E-state index is 12.4. The molecule has 7 nitrogen and oxygen atoms in total. The van der Waals surface area contributed by atoms with Gasteiger partial charge in [-0.2, -0.15) is 0 Å². The fourth-order valence-electron chi connectivity index (χ4n) is 3.36. The summed E-state index contributed by atoms with van der Waals surface area (Å²) in [5.74, 6) is 1.52. The fourth-order valence-corrected chi connectivity index (χ4v) is 3.87. The second kappa shape index (κ2) is 8.63. The van der Waals surface area contributed by atoms with Gasteiger partial charge in [-0.25, -0.2) is 19.1 Å². The number of piperazine rings is 1. The Kier molecular flexibility index (Phi) is 5.91. The Balaban J connectivity index is 1.58. The molecule has 8 heteroatoms. The molecule has 4 rings (SSSR count). The molecule has 2 aromatic heterocycles. The van der Waals surface area contributed by atoms with Crippen LogP contribution in [-0.4, -0.2) is 57.1 Å². The van der Waals surface area contributed by atoms with Crippen LogP contribution in [0.4, 0.5) is 10.6 Å². The minimum atomic E-state index is -0.493. The van der Waals surface area contributed by atoms with E-state index in [4.69, 9.17) is 14.7 Å². The zero-order valence-corrected chi connectivity index (χ0v) is 19.1. The average molecular weight is 438 g/mol. The van der Waals surface area contributed by atoms with Crippen LogP contribution in [0.2, 0.25) is 0 Å². The molecule has 3 aromatic rings. The lowest BCUT2D eigenvalue weighted by atomic mass is 10.1. The van der Waals surface area contributed by atoms with Crippen molar-refractivity contribution in [2.24, 2.45) is 0 Å². The highest BCUT2D eigenvalue weighted by Crippen LogP contribution is 2.27. The quantitative estimate of drug-likeness (QED) is 0.595. The molecule has 0 bridgehead atoms. The van der Waals surface area contributed by atoms with Crippen molar-refractivity contribution in [3.05, 3.63) is 47.5 Å². The Morgan fingerprint density at radius 2 is 1.74 bits per heavy atom. The van der Waals surface area contributed by atoms with Crippen molar-refractivity contribution in [1.82, 2.24) is 19.2 Å². The van der Waals surface area contributed by atoms with Crippen LogP contribution < -0.4 is 4.90 Å². The third-order valence-corrected chi connectivity index (χ3v) is 5.59. The van der Waals surface area contributed by atoms with Crippen molar-refractivity contribution in [2.45, 2.75) is 33.3 Å². The highest BCUT2D eigenvalue weighted by Gasteiger charge is 2.27. The third kappa shape index (κ3) is 5.19. The molecule has 1 saturated heterocycles. The maximum atomic E-state index is 12.4. The van der Waals surface area contributed by atoms with Gasteiger partial charge in [-0.1, -0.05) is 29.8 Å². The SMILES string of the molecule is Cc1ccc(-c2cc(N3CCN(C(=O)OC(C)(C)C)CC3)nc(-c3cnsc3)n2)cc1. The molecule has 162 valence electrons. The number of aromatic nitrogens is 3. The molecule has 0 unspecified atom stereocenters. The molecule has 0 saturated carbocycles. The zero-order chi connectivity index (χ0) is 22.0. The molecule has 31 heavy (non-hydrogen) atoms. The fraction of sp³-hybridized carbons (Fsp3) is 0.391. The van der Waals surface area contributed by atoms with Gasteiger partial charge in [0, 0.05) is 43.2 Å². The zero-order valence-electron chi connectivity index (χ0n) is 18.3. The molecule has 0 aliphatic carbocycles. The van der Waals surface area contributed by atoms with E-state index in [9.17, 15) is 4.79 Å². The van der Waals surface area contributed by atoms with Crippen molar-refractivity contribution in [2.75, 3.05) is 31.1 Å². The van der Waals surface area contributed by atoms with Gasteiger partial charge in [0.2, 0.25) is 0 Å². The molecule has 0 N–H and O–H groups in total. The van der Waals surface area contributed by atoms with Crippen LogP contribution in [0.3, 0.4) is 0 Å². The monoisotopic (exact) mass is 437 g/mol. The lowest BCUT2D eigenvalue weighted by Gasteiger charge is -2.36. The Morgan fingerprint density at radius 1 is 1.03 bits per heavy atom. The number of carbonyl (C=O) groups excluding carboxylic acids is 1. The minimum Gasteiger partial charge on any atom is -0.444 e. The van der Waals surface area contributed by atoms with Crippen LogP contribution in [0, 0.1) is 6.92 Å². The largest absolute Gasteiger partial charge is 0.444 e. The number of carbonyl (C=O) groups is 1. The summed E-state index contributed by atoms with van der Waals surface area (Å²) in [7, 11) is 0. The summed E-state index contributed by atoms with van der Waals surface area (Å²) in [6, 6.07) is 10.4. The van der Waals surface area contributed by atoms with E-state index in [0.717, 1.165) is 22.6 Å². The topological polar surface area (TPSA) is 71.5 Å². The lowest BCUT2D eigenvalue weighted by molar-refractivity contribution is 0.0240. The van der Waals surface area contributed by atoms with E-state index in [1.165, 1.54) is 17.1 Å². The molecule has 0 radical (unpaired) electrons. The number of hydrogen-bond donors (Lipinski definition) is 0. The van der Waals surface area contributed by atoms with Gasteiger partial charge >= 0.3 is 6.09 Å². The van der Waals surface area contributed by atoms with E-state index in [1.54, 1.807) is 11.1 Å². The van der Waals surface area contributed by atoms with E-state index in [-0.39, 0.29) is 6.09 Å². The maximum Gasteiger partial charge on any atom is 0.410 e. The first kappa shape index (κ1) is 21.2. The van der Waals surface area contributed by atoms with Crippen molar-refractivity contribution in [1.29, 1.82) is 0 Å². The lowest BCUT2D eigenvalue weighted by Crippen LogP contribution is -2.50. The van der Waals surface area contributed by atoms with Crippen molar-refractivity contribution >= 4 is 23.4 Å². The van der Waals surface area contributed by atoms with Crippen molar-refractivity contribution in [3.8, 4) is 22.6 Å². The number of amides is 1. The van der Waals surface area contributed by atoms with E-state index < -0.39 is 5.60 Å².